The lowest BCUT2D eigenvalue weighted by Gasteiger charge is -2.32. The van der Waals surface area contributed by atoms with Crippen LogP contribution >= 0.6 is 24.0 Å². The molecule has 4 nitrogen and oxygen atoms in total. The molecule has 0 saturated carbocycles. The number of aliphatic hydroxyl groups is 1. The van der Waals surface area contributed by atoms with Crippen molar-refractivity contribution in [1.29, 1.82) is 0 Å². The molecule has 0 bridgehead atoms. The highest BCUT2D eigenvalue weighted by Crippen LogP contribution is 2.26. The van der Waals surface area contributed by atoms with Gasteiger partial charge in [-0.2, -0.15) is 0 Å². The van der Waals surface area contributed by atoms with Crippen LogP contribution < -0.4 is 5.11 Å². The molecule has 0 aliphatic rings. The number of likely N-dealkylation sites (N-methyl/N-ethyl adjacent to an activating group) is 1. The molecule has 0 aromatic heterocycles. The first kappa shape index (κ1) is 26.2. The Morgan fingerprint density at radius 3 is 1.76 bits per heavy atom. The highest BCUT2D eigenvalue weighted by molar-refractivity contribution is 14.0. The van der Waals surface area contributed by atoms with Gasteiger partial charge in [-0.25, -0.2) is 0 Å². The van der Waals surface area contributed by atoms with Crippen LogP contribution in [0.1, 0.15) is 34.1 Å². The predicted octanol–water partition coefficient (Wildman–Crippen LogP) is 2.33. The molecule has 0 aromatic rings. The van der Waals surface area contributed by atoms with Gasteiger partial charge in [0, 0.05) is 5.97 Å². The van der Waals surface area contributed by atoms with Crippen molar-refractivity contribution < 1.29 is 19.5 Å². The molecule has 0 rings (SSSR count). The third-order valence-corrected chi connectivity index (χ3v) is 10.3. The Balaban J connectivity index is -0.000000572. The van der Waals surface area contributed by atoms with E-state index in [0.29, 0.717) is 6.61 Å². The fraction of sp³-hybridized carbons (Fsp3) is 0.933. The number of nitrogens with zero attached hydrogens (tertiary/aromatic N) is 1. The highest BCUT2D eigenvalue weighted by Gasteiger charge is 2.27. The maximum Gasteiger partial charge on any atom is 0.102 e. The third-order valence-electron chi connectivity index (χ3n) is 4.43. The van der Waals surface area contributed by atoms with Gasteiger partial charge in [-0.15, -0.1) is 24.0 Å². The normalized spacial score (nSPS) is 11.2. The molecule has 0 saturated heterocycles. The van der Waals surface area contributed by atoms with Crippen molar-refractivity contribution in [3.63, 3.8) is 0 Å². The molecule has 21 heavy (non-hydrogen) atoms. The van der Waals surface area contributed by atoms with Crippen LogP contribution in [-0.4, -0.2) is 57.4 Å². The molecule has 0 aromatic carbocycles. The van der Waals surface area contributed by atoms with Crippen molar-refractivity contribution in [2.75, 3.05) is 33.8 Å². The van der Waals surface area contributed by atoms with Gasteiger partial charge < -0.3 is 19.5 Å². The van der Waals surface area contributed by atoms with E-state index in [2.05, 4.69) is 34.9 Å². The minimum Gasteiger partial charge on any atom is -0.550 e. The standard InChI is InChI=1S/C13H32NOSi.C2H4O2.HI/c1-6-16(7-2,8-3)13-9-10-14(4,5)11-12-15;1-2(3)4;/h15H,6-13H2,1-5H3;1H3,(H,3,4);1H/q+1;;/p-1. The number of carboxylic acid groups (broad SMARTS) is 1. The summed E-state index contributed by atoms with van der Waals surface area (Å²) >= 11 is 0. The van der Waals surface area contributed by atoms with Gasteiger partial charge in [0.05, 0.1) is 35.3 Å². The molecule has 6 heteroatoms. The lowest BCUT2D eigenvalue weighted by Crippen LogP contribution is -2.43. The molecule has 0 heterocycles. The second-order valence-corrected chi connectivity index (χ2v) is 11.9. The topological polar surface area (TPSA) is 60.4 Å². The van der Waals surface area contributed by atoms with E-state index >= 15 is 0 Å². The number of carbonyl (C=O) groups is 1. The molecule has 0 fully saturated rings. The molecule has 0 unspecified atom stereocenters. The maximum atomic E-state index is 8.99. The van der Waals surface area contributed by atoms with Gasteiger partial charge in [-0.1, -0.05) is 44.9 Å². The quantitative estimate of drug-likeness (QED) is 0.345. The number of quaternary nitrogens is 1. The summed E-state index contributed by atoms with van der Waals surface area (Å²) in [6.07, 6.45) is 1.34. The highest BCUT2D eigenvalue weighted by atomic mass is 127. The minimum absolute atomic E-state index is 0. The summed E-state index contributed by atoms with van der Waals surface area (Å²) < 4.78 is 0.970. The van der Waals surface area contributed by atoms with Gasteiger partial charge in [0.15, 0.2) is 0 Å². The first-order valence-electron chi connectivity index (χ1n) is 7.79. The van der Waals surface area contributed by atoms with Gasteiger partial charge in [0.2, 0.25) is 0 Å². The fourth-order valence-electron chi connectivity index (χ4n) is 2.54. The Bertz CT molecular complexity index is 247. The number of rotatable bonds is 9. The lowest BCUT2D eigenvalue weighted by molar-refractivity contribution is -0.890. The molecule has 0 aliphatic heterocycles. The van der Waals surface area contributed by atoms with E-state index in [9.17, 15) is 0 Å². The average molecular weight is 433 g/mol. The van der Waals surface area contributed by atoms with E-state index in [4.69, 9.17) is 15.0 Å². The molecular weight excluding hydrogens is 397 g/mol. The van der Waals surface area contributed by atoms with Crippen molar-refractivity contribution in [3.8, 4) is 0 Å². The Kier molecular flexibility index (Phi) is 17.5. The van der Waals surface area contributed by atoms with Gasteiger partial charge in [0.1, 0.15) is 6.54 Å². The predicted molar refractivity (Wildman–Crippen MR) is 102 cm³/mol. The first-order chi connectivity index (χ1) is 9.18. The van der Waals surface area contributed by atoms with Crippen LogP contribution in [0, 0.1) is 0 Å². The number of carbonyl (C=O) groups excluding carboxylic acids is 1. The Morgan fingerprint density at radius 1 is 1.10 bits per heavy atom. The number of carboxylic acids is 1. The molecule has 0 spiro atoms. The number of aliphatic hydroxyl groups excluding tert-OH is 1. The second kappa shape index (κ2) is 14.0. The van der Waals surface area contributed by atoms with Crippen molar-refractivity contribution in [1.82, 2.24) is 0 Å². The van der Waals surface area contributed by atoms with Crippen LogP contribution in [-0.2, 0) is 4.79 Å². The van der Waals surface area contributed by atoms with Gasteiger partial charge in [0.25, 0.3) is 0 Å². The van der Waals surface area contributed by atoms with E-state index in [1.165, 1.54) is 37.1 Å². The van der Waals surface area contributed by atoms with E-state index in [1.54, 1.807) is 0 Å². The molecular formula is C15H36INO3Si. The molecule has 0 radical (unpaired) electrons. The Hall–Kier alpha value is 0.337. The second-order valence-electron chi connectivity index (χ2n) is 6.26. The van der Waals surface area contributed by atoms with Crippen LogP contribution in [0.5, 0.6) is 0 Å². The zero-order valence-corrected chi connectivity index (χ0v) is 18.1. The number of aliphatic carboxylic acids is 1. The maximum absolute atomic E-state index is 8.99. The largest absolute Gasteiger partial charge is 0.550 e. The number of hydrogen-bond donors (Lipinski definition) is 1. The average Bonchev–Trinajstić information content (AvgIpc) is 2.34. The van der Waals surface area contributed by atoms with Gasteiger partial charge in [-0.3, -0.25) is 0 Å². The summed E-state index contributed by atoms with van der Waals surface area (Å²) in [4.78, 5) is 8.89. The molecule has 0 aliphatic carbocycles. The fourth-order valence-corrected chi connectivity index (χ4v) is 6.01. The zero-order valence-electron chi connectivity index (χ0n) is 14.8. The Labute approximate surface area is 149 Å². The number of hydrogen-bond acceptors (Lipinski definition) is 3. The van der Waals surface area contributed by atoms with Crippen molar-refractivity contribution in [3.05, 3.63) is 0 Å². The van der Waals surface area contributed by atoms with Crippen molar-refractivity contribution in [2.45, 2.75) is 58.3 Å². The van der Waals surface area contributed by atoms with Gasteiger partial charge in [-0.05, 0) is 13.3 Å². The molecule has 130 valence electrons. The minimum atomic E-state index is -1.08. The van der Waals surface area contributed by atoms with E-state index in [1.807, 2.05) is 0 Å². The van der Waals surface area contributed by atoms with Crippen LogP contribution in [0.25, 0.3) is 0 Å². The zero-order chi connectivity index (χ0) is 16.2. The van der Waals surface area contributed by atoms with Crippen molar-refractivity contribution in [2.24, 2.45) is 0 Å². The summed E-state index contributed by atoms with van der Waals surface area (Å²) in [5.41, 5.74) is 0. The van der Waals surface area contributed by atoms with Crippen molar-refractivity contribution >= 4 is 38.0 Å². The lowest BCUT2D eigenvalue weighted by atomic mass is 10.4. The van der Waals surface area contributed by atoms with Crippen LogP contribution in [0.2, 0.25) is 24.2 Å². The van der Waals surface area contributed by atoms with E-state index < -0.39 is 14.0 Å². The summed E-state index contributed by atoms with van der Waals surface area (Å²) in [5.74, 6) is -1.08. The van der Waals surface area contributed by atoms with Gasteiger partial charge >= 0.3 is 0 Å². The smallest absolute Gasteiger partial charge is 0.102 e. The summed E-state index contributed by atoms with van der Waals surface area (Å²) in [5, 5.41) is 17.9. The van der Waals surface area contributed by atoms with Crippen LogP contribution in [0.15, 0.2) is 0 Å². The van der Waals surface area contributed by atoms with E-state index in [0.717, 1.165) is 18.0 Å². The summed E-state index contributed by atoms with van der Waals surface area (Å²) in [6, 6.07) is 5.79. The van der Waals surface area contributed by atoms with E-state index in [-0.39, 0.29) is 24.0 Å². The third kappa shape index (κ3) is 15.0. The summed E-state index contributed by atoms with van der Waals surface area (Å²) in [7, 11) is 3.54. The Morgan fingerprint density at radius 2 is 1.48 bits per heavy atom. The van der Waals surface area contributed by atoms with Crippen LogP contribution in [0.3, 0.4) is 0 Å². The van der Waals surface area contributed by atoms with Crippen LogP contribution in [0.4, 0.5) is 0 Å². The molecule has 0 atom stereocenters. The summed E-state index contributed by atoms with van der Waals surface area (Å²) in [6.45, 7) is 10.5. The monoisotopic (exact) mass is 433 g/mol. The molecule has 1 N–H and O–H groups in total. The number of halogens is 1. The first-order valence-corrected chi connectivity index (χ1v) is 10.6. The molecule has 0 amide bonds. The SMILES string of the molecule is CC(=O)[O-].CC[Si](CC)(CC)CCC[N+](C)(C)CCO.I.